The molecule has 88 valence electrons. The van der Waals surface area contributed by atoms with E-state index in [0.29, 0.717) is 5.56 Å². The fraction of sp³-hybridized carbons (Fsp3) is 0.0909. The van der Waals surface area contributed by atoms with Crippen LogP contribution in [0.25, 0.3) is 0 Å². The first-order chi connectivity index (χ1) is 8.08. The van der Waals surface area contributed by atoms with Crippen molar-refractivity contribution in [3.05, 3.63) is 46.3 Å². The molecule has 0 amide bonds. The Morgan fingerprint density at radius 2 is 2.24 bits per heavy atom. The van der Waals surface area contributed by atoms with Crippen molar-refractivity contribution in [1.82, 2.24) is 9.97 Å². The summed E-state index contributed by atoms with van der Waals surface area (Å²) in [4.78, 5) is 17.2. The first-order valence-corrected chi connectivity index (χ1v) is 4.85. The van der Waals surface area contributed by atoms with Crippen LogP contribution in [0.1, 0.15) is 5.56 Å². The van der Waals surface area contributed by atoms with Crippen molar-refractivity contribution < 1.29 is 9.13 Å². The largest absolute Gasteiger partial charge is 0.437 e. The number of nitrogens with zero attached hydrogens (tertiary/aromatic N) is 1. The van der Waals surface area contributed by atoms with E-state index in [1.807, 2.05) is 0 Å². The molecule has 17 heavy (non-hydrogen) atoms. The molecule has 0 saturated carbocycles. The minimum absolute atomic E-state index is 0.0444. The zero-order chi connectivity index (χ0) is 12.4. The Bertz CT molecular complexity index is 610. The van der Waals surface area contributed by atoms with Gasteiger partial charge in [-0.2, -0.15) is 0 Å². The van der Waals surface area contributed by atoms with E-state index in [1.165, 1.54) is 12.4 Å². The van der Waals surface area contributed by atoms with Crippen molar-refractivity contribution in [3.8, 4) is 11.6 Å². The molecule has 0 aliphatic carbocycles. The van der Waals surface area contributed by atoms with Crippen LogP contribution in [0, 0.1) is 12.7 Å². The van der Waals surface area contributed by atoms with Gasteiger partial charge in [-0.3, -0.25) is 4.79 Å². The second kappa shape index (κ2) is 4.25. The molecule has 2 rings (SSSR count). The van der Waals surface area contributed by atoms with Crippen LogP contribution in [0.5, 0.6) is 11.6 Å². The number of nitrogens with one attached hydrogen (secondary N) is 1. The Kier molecular flexibility index (Phi) is 2.78. The van der Waals surface area contributed by atoms with Crippen LogP contribution in [0.15, 0.2) is 29.3 Å². The molecule has 1 aromatic carbocycles. The number of ether oxygens (including phenoxy) is 1. The molecule has 0 radical (unpaired) electrons. The van der Waals surface area contributed by atoms with E-state index in [1.54, 1.807) is 19.1 Å². The van der Waals surface area contributed by atoms with E-state index >= 15 is 0 Å². The van der Waals surface area contributed by atoms with Gasteiger partial charge in [-0.1, -0.05) is 6.07 Å². The average Bonchev–Trinajstić information content (AvgIpc) is 2.30. The first-order valence-electron chi connectivity index (χ1n) is 4.85. The van der Waals surface area contributed by atoms with Gasteiger partial charge in [0.25, 0.3) is 5.56 Å². The third kappa shape index (κ3) is 2.25. The fourth-order valence-electron chi connectivity index (χ4n) is 1.22. The maximum absolute atomic E-state index is 13.3. The van der Waals surface area contributed by atoms with Crippen LogP contribution in [-0.2, 0) is 0 Å². The van der Waals surface area contributed by atoms with Gasteiger partial charge in [0.1, 0.15) is 11.6 Å². The minimum Gasteiger partial charge on any atom is -0.437 e. The highest BCUT2D eigenvalue weighted by molar-refractivity contribution is 5.47. The molecule has 5 nitrogen and oxygen atoms in total. The number of aromatic nitrogens is 2. The number of aryl methyl sites for hydroxylation is 1. The SMILES string of the molecule is Cc1ccc(Oc2nc[nH]c(=O)c2N)cc1F. The lowest BCUT2D eigenvalue weighted by Crippen LogP contribution is -2.13. The molecule has 0 bridgehead atoms. The highest BCUT2D eigenvalue weighted by Crippen LogP contribution is 2.23. The molecule has 1 heterocycles. The summed E-state index contributed by atoms with van der Waals surface area (Å²) in [5.74, 6) is -0.208. The van der Waals surface area contributed by atoms with Crippen LogP contribution in [-0.4, -0.2) is 9.97 Å². The third-order valence-corrected chi connectivity index (χ3v) is 2.21. The number of H-pyrrole nitrogens is 1. The Labute approximate surface area is 96.1 Å². The Morgan fingerprint density at radius 1 is 1.47 bits per heavy atom. The van der Waals surface area contributed by atoms with E-state index < -0.39 is 11.4 Å². The Hall–Kier alpha value is -2.37. The van der Waals surface area contributed by atoms with Gasteiger partial charge < -0.3 is 15.5 Å². The molecule has 0 atom stereocenters. The maximum atomic E-state index is 13.3. The zero-order valence-corrected chi connectivity index (χ0v) is 9.03. The summed E-state index contributed by atoms with van der Waals surface area (Å²) in [6.45, 7) is 1.64. The number of halogens is 1. The van der Waals surface area contributed by atoms with Gasteiger partial charge in [-0.25, -0.2) is 9.37 Å². The number of nitrogen functional groups attached to an aromatic ring is 1. The quantitative estimate of drug-likeness (QED) is 0.828. The van der Waals surface area contributed by atoms with Gasteiger partial charge in [0.15, 0.2) is 5.69 Å². The van der Waals surface area contributed by atoms with E-state index in [9.17, 15) is 9.18 Å². The lowest BCUT2D eigenvalue weighted by atomic mass is 10.2. The van der Waals surface area contributed by atoms with E-state index in [-0.39, 0.29) is 17.3 Å². The summed E-state index contributed by atoms with van der Waals surface area (Å²) in [5.41, 5.74) is 5.33. The van der Waals surface area contributed by atoms with Crippen molar-refractivity contribution in [2.75, 3.05) is 5.73 Å². The highest BCUT2D eigenvalue weighted by Gasteiger charge is 2.08. The molecular weight excluding hydrogens is 225 g/mol. The normalized spacial score (nSPS) is 10.2. The van der Waals surface area contributed by atoms with Crippen LogP contribution < -0.4 is 16.0 Å². The monoisotopic (exact) mass is 235 g/mol. The van der Waals surface area contributed by atoms with Crippen LogP contribution in [0.4, 0.5) is 10.1 Å². The molecule has 0 aliphatic rings. The fourth-order valence-corrected chi connectivity index (χ4v) is 1.22. The number of hydrogen-bond acceptors (Lipinski definition) is 4. The summed E-state index contributed by atoms with van der Waals surface area (Å²) in [5, 5.41) is 0. The van der Waals surface area contributed by atoms with E-state index in [4.69, 9.17) is 10.5 Å². The smallest absolute Gasteiger partial charge is 0.277 e. The van der Waals surface area contributed by atoms with Crippen molar-refractivity contribution in [1.29, 1.82) is 0 Å². The lowest BCUT2D eigenvalue weighted by Gasteiger charge is -2.06. The molecule has 0 aliphatic heterocycles. The van der Waals surface area contributed by atoms with Gasteiger partial charge in [0.2, 0.25) is 5.88 Å². The second-order valence-electron chi connectivity index (χ2n) is 3.46. The highest BCUT2D eigenvalue weighted by atomic mass is 19.1. The predicted octanol–water partition coefficient (Wildman–Crippen LogP) is 1.59. The number of nitrogens with two attached hydrogens (primary N) is 1. The number of rotatable bonds is 2. The number of hydrogen-bond donors (Lipinski definition) is 2. The molecule has 3 N–H and O–H groups in total. The van der Waals surface area contributed by atoms with Gasteiger partial charge in [0, 0.05) is 6.07 Å². The van der Waals surface area contributed by atoms with Gasteiger partial charge in [-0.15, -0.1) is 0 Å². The third-order valence-electron chi connectivity index (χ3n) is 2.21. The number of aromatic amines is 1. The molecule has 0 saturated heterocycles. The van der Waals surface area contributed by atoms with E-state index in [0.717, 1.165) is 0 Å². The summed E-state index contributed by atoms with van der Waals surface area (Å²) in [6.07, 6.45) is 1.17. The molecule has 0 unspecified atom stereocenters. The molecule has 2 aromatic rings. The Morgan fingerprint density at radius 3 is 2.94 bits per heavy atom. The minimum atomic E-state index is -0.498. The molecule has 6 heteroatoms. The first kappa shape index (κ1) is 11.1. The molecule has 0 spiro atoms. The summed E-state index contributed by atoms with van der Waals surface area (Å²) in [7, 11) is 0. The average molecular weight is 235 g/mol. The van der Waals surface area contributed by atoms with Gasteiger partial charge in [0.05, 0.1) is 6.33 Å². The van der Waals surface area contributed by atoms with E-state index in [2.05, 4.69) is 9.97 Å². The number of benzene rings is 1. The second-order valence-corrected chi connectivity index (χ2v) is 3.46. The van der Waals surface area contributed by atoms with Crippen molar-refractivity contribution in [2.24, 2.45) is 0 Å². The van der Waals surface area contributed by atoms with Crippen LogP contribution in [0.3, 0.4) is 0 Å². The van der Waals surface area contributed by atoms with Crippen molar-refractivity contribution in [3.63, 3.8) is 0 Å². The molecule has 1 aromatic heterocycles. The Balaban J connectivity index is 2.35. The summed E-state index contributed by atoms with van der Waals surface area (Å²) in [6, 6.07) is 4.34. The molecular formula is C11H10FN3O2. The predicted molar refractivity (Wildman–Crippen MR) is 60.5 cm³/mol. The van der Waals surface area contributed by atoms with Crippen molar-refractivity contribution >= 4 is 5.69 Å². The topological polar surface area (TPSA) is 81.0 Å². The van der Waals surface area contributed by atoms with Crippen LogP contribution in [0.2, 0.25) is 0 Å². The number of anilines is 1. The van der Waals surface area contributed by atoms with Gasteiger partial charge >= 0.3 is 0 Å². The summed E-state index contributed by atoms with van der Waals surface area (Å²) < 4.78 is 18.5. The zero-order valence-electron chi connectivity index (χ0n) is 9.03. The summed E-state index contributed by atoms with van der Waals surface area (Å²) >= 11 is 0. The van der Waals surface area contributed by atoms with Gasteiger partial charge in [-0.05, 0) is 18.6 Å². The standard InChI is InChI=1S/C11H10FN3O2/c1-6-2-3-7(4-8(6)12)17-11-9(13)10(16)14-5-15-11/h2-5H,13H2,1H3,(H,14,15,16). The van der Waals surface area contributed by atoms with Crippen LogP contribution >= 0.6 is 0 Å². The van der Waals surface area contributed by atoms with Crippen molar-refractivity contribution in [2.45, 2.75) is 6.92 Å². The molecule has 0 fully saturated rings. The maximum Gasteiger partial charge on any atom is 0.277 e. The lowest BCUT2D eigenvalue weighted by molar-refractivity contribution is 0.458.